The lowest BCUT2D eigenvalue weighted by Crippen LogP contribution is -2.07. The van der Waals surface area contributed by atoms with E-state index in [1.165, 1.54) is 0 Å². The van der Waals surface area contributed by atoms with Crippen molar-refractivity contribution in [1.29, 1.82) is 0 Å². The van der Waals surface area contributed by atoms with Crippen molar-refractivity contribution in [2.45, 2.75) is 31.9 Å². The maximum atomic E-state index is 11.5. The summed E-state index contributed by atoms with van der Waals surface area (Å²) in [5.74, 6) is 0.937. The van der Waals surface area contributed by atoms with Crippen LogP contribution < -0.4 is 0 Å². The van der Waals surface area contributed by atoms with Gasteiger partial charge in [0, 0.05) is 22.7 Å². The van der Waals surface area contributed by atoms with E-state index in [4.69, 9.17) is 0 Å². The van der Waals surface area contributed by atoms with E-state index in [1.54, 1.807) is 34.8 Å². The predicted molar refractivity (Wildman–Crippen MR) is 63.0 cm³/mol. The molecule has 0 spiro atoms. The molecule has 14 heavy (non-hydrogen) atoms. The van der Waals surface area contributed by atoms with E-state index < -0.39 is 0 Å². The molecule has 0 fully saturated rings. The monoisotopic (exact) mass is 229 g/mol. The summed E-state index contributed by atoms with van der Waals surface area (Å²) in [6.07, 6.45) is 3.45. The summed E-state index contributed by atoms with van der Waals surface area (Å²) in [5, 5.41) is 0.584. The molecule has 1 unspecified atom stereocenters. The molecule has 0 N–H and O–H groups in total. The molecule has 1 heterocycles. The van der Waals surface area contributed by atoms with Crippen LogP contribution in [0.25, 0.3) is 0 Å². The number of thiazole rings is 1. The average Bonchev–Trinajstić information content (AvgIpc) is 2.66. The van der Waals surface area contributed by atoms with E-state index in [0.29, 0.717) is 23.2 Å². The third-order valence-corrected chi connectivity index (χ3v) is 4.13. The molecule has 1 rings (SSSR count). The zero-order chi connectivity index (χ0) is 10.4. The number of ketones is 1. The number of aromatic nitrogens is 1. The number of carbonyl (C=O) groups excluding carboxylic acids is 1. The summed E-state index contributed by atoms with van der Waals surface area (Å²) < 4.78 is 0. The van der Waals surface area contributed by atoms with Crippen molar-refractivity contribution in [1.82, 2.24) is 4.98 Å². The molecular formula is C10H15NOS2. The van der Waals surface area contributed by atoms with Crippen LogP contribution in [0, 0.1) is 0 Å². The molecule has 0 aliphatic rings. The Labute approximate surface area is 93.1 Å². The summed E-state index contributed by atoms with van der Waals surface area (Å²) in [6.45, 7) is 4.30. The molecular weight excluding hydrogens is 214 g/mol. The van der Waals surface area contributed by atoms with Crippen LogP contribution in [0.2, 0.25) is 0 Å². The highest BCUT2D eigenvalue weighted by Gasteiger charge is 2.07. The van der Waals surface area contributed by atoms with E-state index >= 15 is 0 Å². The predicted octanol–water partition coefficient (Wildman–Crippen LogP) is 2.79. The smallest absolute Gasteiger partial charge is 0.147 e. The number of hydrogen-bond acceptors (Lipinski definition) is 4. The molecule has 0 bridgehead atoms. The van der Waals surface area contributed by atoms with E-state index in [0.717, 1.165) is 11.3 Å². The highest BCUT2D eigenvalue weighted by Crippen LogP contribution is 2.15. The van der Waals surface area contributed by atoms with Gasteiger partial charge in [-0.3, -0.25) is 9.78 Å². The van der Waals surface area contributed by atoms with Crippen LogP contribution in [-0.4, -0.2) is 21.8 Å². The Morgan fingerprint density at radius 2 is 2.50 bits per heavy atom. The van der Waals surface area contributed by atoms with Gasteiger partial charge in [0.2, 0.25) is 0 Å². The zero-order valence-corrected chi connectivity index (χ0v) is 10.2. The first kappa shape index (κ1) is 11.7. The van der Waals surface area contributed by atoms with Crippen molar-refractivity contribution in [3.8, 4) is 0 Å². The number of Topliss-reactive ketones (excluding diaryl/α,β-unsaturated/α-hetero) is 1. The van der Waals surface area contributed by atoms with Crippen LogP contribution in [0.1, 0.15) is 25.1 Å². The van der Waals surface area contributed by atoms with Gasteiger partial charge in [-0.2, -0.15) is 11.8 Å². The van der Waals surface area contributed by atoms with Gasteiger partial charge < -0.3 is 0 Å². The Morgan fingerprint density at radius 1 is 1.71 bits per heavy atom. The van der Waals surface area contributed by atoms with Crippen molar-refractivity contribution in [2.75, 3.05) is 5.75 Å². The molecule has 1 aromatic heterocycles. The normalized spacial score (nSPS) is 12.7. The number of thioether (sulfide) groups is 1. The second-order valence-electron chi connectivity index (χ2n) is 3.21. The Balaban J connectivity index is 2.23. The van der Waals surface area contributed by atoms with E-state index in [2.05, 4.69) is 18.8 Å². The van der Waals surface area contributed by atoms with E-state index in [1.807, 2.05) is 0 Å². The molecule has 0 saturated carbocycles. The fraction of sp³-hybridized carbons (Fsp3) is 0.600. The quantitative estimate of drug-likeness (QED) is 0.751. The molecule has 4 heteroatoms. The SMILES string of the molecule is CCC(C)SCC(=O)Cc1cncs1. The fourth-order valence-electron chi connectivity index (χ4n) is 0.928. The lowest BCUT2D eigenvalue weighted by molar-refractivity contribution is -0.115. The van der Waals surface area contributed by atoms with Crippen LogP contribution in [0.5, 0.6) is 0 Å². The van der Waals surface area contributed by atoms with Crippen LogP contribution in [0.3, 0.4) is 0 Å². The van der Waals surface area contributed by atoms with Gasteiger partial charge in [0.15, 0.2) is 0 Å². The summed E-state index contributed by atoms with van der Waals surface area (Å²) >= 11 is 3.29. The van der Waals surface area contributed by atoms with Gasteiger partial charge in [-0.15, -0.1) is 11.3 Å². The molecule has 0 aromatic carbocycles. The number of hydrogen-bond donors (Lipinski definition) is 0. The van der Waals surface area contributed by atoms with Crippen LogP contribution in [0.15, 0.2) is 11.7 Å². The number of carbonyl (C=O) groups is 1. The highest BCUT2D eigenvalue weighted by molar-refractivity contribution is 8.00. The summed E-state index contributed by atoms with van der Waals surface area (Å²) in [4.78, 5) is 16.5. The van der Waals surface area contributed by atoms with Crippen molar-refractivity contribution < 1.29 is 4.79 Å². The Bertz CT molecular complexity index is 272. The Kier molecular flexibility index (Phi) is 5.19. The minimum Gasteiger partial charge on any atom is -0.298 e. The van der Waals surface area contributed by atoms with Gasteiger partial charge in [0.1, 0.15) is 5.78 Å². The van der Waals surface area contributed by atoms with Crippen molar-refractivity contribution >= 4 is 28.9 Å². The maximum absolute atomic E-state index is 11.5. The third kappa shape index (κ3) is 4.24. The minimum absolute atomic E-state index is 0.305. The molecule has 2 nitrogen and oxygen atoms in total. The third-order valence-electron chi connectivity index (χ3n) is 1.96. The zero-order valence-electron chi connectivity index (χ0n) is 8.53. The summed E-state index contributed by atoms with van der Waals surface area (Å²) in [5.41, 5.74) is 1.77. The van der Waals surface area contributed by atoms with Gasteiger partial charge in [-0.05, 0) is 6.42 Å². The first-order valence-electron chi connectivity index (χ1n) is 4.73. The lowest BCUT2D eigenvalue weighted by atomic mass is 10.3. The molecule has 1 atom stereocenters. The molecule has 0 saturated heterocycles. The van der Waals surface area contributed by atoms with Crippen molar-refractivity contribution in [3.63, 3.8) is 0 Å². The second-order valence-corrected chi connectivity index (χ2v) is 5.61. The molecule has 0 aliphatic carbocycles. The van der Waals surface area contributed by atoms with Gasteiger partial charge in [-0.25, -0.2) is 0 Å². The largest absolute Gasteiger partial charge is 0.298 e. The van der Waals surface area contributed by atoms with Gasteiger partial charge in [0.05, 0.1) is 11.3 Å². The molecule has 1 aromatic rings. The van der Waals surface area contributed by atoms with Crippen LogP contribution in [-0.2, 0) is 11.2 Å². The highest BCUT2D eigenvalue weighted by atomic mass is 32.2. The van der Waals surface area contributed by atoms with Crippen LogP contribution in [0.4, 0.5) is 0 Å². The molecule has 0 amide bonds. The van der Waals surface area contributed by atoms with E-state index in [-0.39, 0.29) is 0 Å². The van der Waals surface area contributed by atoms with Gasteiger partial charge in [-0.1, -0.05) is 13.8 Å². The Hall–Kier alpha value is -0.350. The first-order chi connectivity index (χ1) is 6.72. The van der Waals surface area contributed by atoms with E-state index in [9.17, 15) is 4.79 Å². The van der Waals surface area contributed by atoms with Gasteiger partial charge >= 0.3 is 0 Å². The fourth-order valence-corrected chi connectivity index (χ4v) is 2.36. The molecule has 0 aliphatic heterocycles. The number of rotatable bonds is 6. The number of nitrogens with zero attached hydrogens (tertiary/aromatic N) is 1. The minimum atomic E-state index is 0.305. The molecule has 0 radical (unpaired) electrons. The average molecular weight is 229 g/mol. The van der Waals surface area contributed by atoms with Gasteiger partial charge in [0.25, 0.3) is 0 Å². The molecule has 78 valence electrons. The second kappa shape index (κ2) is 6.19. The standard InChI is InChI=1S/C10H15NOS2/c1-3-8(2)13-6-9(12)4-10-5-11-7-14-10/h5,7-8H,3-4,6H2,1-2H3. The summed E-state index contributed by atoms with van der Waals surface area (Å²) in [7, 11) is 0. The lowest BCUT2D eigenvalue weighted by Gasteiger charge is -2.06. The summed E-state index contributed by atoms with van der Waals surface area (Å²) in [6, 6.07) is 0. The van der Waals surface area contributed by atoms with Crippen molar-refractivity contribution in [2.24, 2.45) is 0 Å². The van der Waals surface area contributed by atoms with Crippen molar-refractivity contribution in [3.05, 3.63) is 16.6 Å². The van der Waals surface area contributed by atoms with Crippen LogP contribution >= 0.6 is 23.1 Å². The Morgan fingerprint density at radius 3 is 3.07 bits per heavy atom. The topological polar surface area (TPSA) is 30.0 Å². The first-order valence-corrected chi connectivity index (χ1v) is 6.66. The maximum Gasteiger partial charge on any atom is 0.147 e.